The number of carbonyl (C=O) groups excluding carboxylic acids is 1. The molecular weight excluding hydrogens is 468 g/mol. The van der Waals surface area contributed by atoms with E-state index in [1.165, 1.54) is 23.1 Å². The Bertz CT molecular complexity index is 1070. The van der Waals surface area contributed by atoms with Crippen molar-refractivity contribution in [3.63, 3.8) is 0 Å². The molecule has 11 heteroatoms. The highest BCUT2D eigenvalue weighted by atomic mass is 35.5. The minimum atomic E-state index is -0.157. The third kappa shape index (κ3) is 6.78. The van der Waals surface area contributed by atoms with Gasteiger partial charge in [0.25, 0.3) is 0 Å². The van der Waals surface area contributed by atoms with Crippen molar-refractivity contribution >= 4 is 45.7 Å². The molecule has 2 aromatic heterocycles. The number of nitrogens with zero attached hydrogens (tertiary/aromatic N) is 5. The third-order valence-corrected chi connectivity index (χ3v) is 6.58. The Morgan fingerprint density at radius 2 is 2.19 bits per heavy atom. The molecule has 3 rings (SSSR count). The van der Waals surface area contributed by atoms with Gasteiger partial charge in [-0.05, 0) is 43.5 Å². The molecule has 1 amide bonds. The molecule has 0 aliphatic carbocycles. The van der Waals surface area contributed by atoms with Gasteiger partial charge in [0.1, 0.15) is 16.6 Å². The van der Waals surface area contributed by atoms with Crippen molar-refractivity contribution in [2.24, 2.45) is 0 Å². The number of aryl methyl sites for hydroxylation is 3. The number of benzene rings is 1. The number of amides is 1. The lowest BCUT2D eigenvalue weighted by molar-refractivity contribution is -0.113. The van der Waals surface area contributed by atoms with Crippen LogP contribution in [0.25, 0.3) is 0 Å². The summed E-state index contributed by atoms with van der Waals surface area (Å²) in [4.78, 5) is 12.3. The number of carbonyl (C=O) groups is 1. The van der Waals surface area contributed by atoms with Gasteiger partial charge in [0, 0.05) is 18.0 Å². The fourth-order valence-corrected chi connectivity index (χ4v) is 4.53. The van der Waals surface area contributed by atoms with E-state index in [0.717, 1.165) is 35.0 Å². The molecule has 0 spiro atoms. The Hall–Kier alpha value is -2.43. The molecule has 0 unspecified atom stereocenters. The Labute approximate surface area is 200 Å². The summed E-state index contributed by atoms with van der Waals surface area (Å²) in [6.45, 7) is 8.90. The molecule has 1 aromatic carbocycles. The molecule has 32 heavy (non-hydrogen) atoms. The van der Waals surface area contributed by atoms with Crippen LogP contribution >= 0.6 is 34.7 Å². The highest BCUT2D eigenvalue weighted by Crippen LogP contribution is 2.23. The van der Waals surface area contributed by atoms with Crippen molar-refractivity contribution in [1.82, 2.24) is 25.0 Å². The molecule has 8 nitrogen and oxygen atoms in total. The van der Waals surface area contributed by atoms with Gasteiger partial charge in [-0.25, -0.2) is 0 Å². The Morgan fingerprint density at radius 3 is 2.91 bits per heavy atom. The van der Waals surface area contributed by atoms with E-state index in [2.05, 4.69) is 32.3 Å². The molecule has 0 aliphatic heterocycles. The Morgan fingerprint density at radius 1 is 1.34 bits per heavy atom. The summed E-state index contributed by atoms with van der Waals surface area (Å²) < 4.78 is 7.83. The van der Waals surface area contributed by atoms with E-state index in [0.29, 0.717) is 34.9 Å². The van der Waals surface area contributed by atoms with Crippen LogP contribution in [-0.4, -0.2) is 43.2 Å². The number of aromatic nitrogens is 5. The molecule has 0 saturated heterocycles. The molecule has 2 heterocycles. The normalized spacial score (nSPS) is 10.8. The lowest BCUT2D eigenvalue weighted by Gasteiger charge is -2.10. The quantitative estimate of drug-likeness (QED) is 0.224. The average Bonchev–Trinajstić information content (AvgIpc) is 3.38. The maximum Gasteiger partial charge on any atom is 0.236 e. The fourth-order valence-electron chi connectivity index (χ4n) is 2.84. The van der Waals surface area contributed by atoms with Crippen LogP contribution in [-0.2, 0) is 24.2 Å². The van der Waals surface area contributed by atoms with Gasteiger partial charge in [0.2, 0.25) is 11.0 Å². The van der Waals surface area contributed by atoms with Crippen LogP contribution in [0.3, 0.4) is 0 Å². The predicted molar refractivity (Wildman–Crippen MR) is 129 cm³/mol. The second kappa shape index (κ2) is 12.0. The van der Waals surface area contributed by atoms with Crippen molar-refractivity contribution < 1.29 is 9.53 Å². The van der Waals surface area contributed by atoms with Crippen LogP contribution in [0, 0.1) is 6.92 Å². The average molecular weight is 493 g/mol. The van der Waals surface area contributed by atoms with E-state index in [-0.39, 0.29) is 11.7 Å². The van der Waals surface area contributed by atoms with Gasteiger partial charge in [-0.1, -0.05) is 47.7 Å². The van der Waals surface area contributed by atoms with E-state index >= 15 is 0 Å². The van der Waals surface area contributed by atoms with Gasteiger partial charge in [0.05, 0.1) is 12.4 Å². The topological polar surface area (TPSA) is 94.8 Å². The van der Waals surface area contributed by atoms with Gasteiger partial charge >= 0.3 is 0 Å². The van der Waals surface area contributed by atoms with Crippen LogP contribution in [0.5, 0.6) is 5.75 Å². The van der Waals surface area contributed by atoms with E-state index in [1.54, 1.807) is 6.08 Å². The minimum absolute atomic E-state index is 0.157. The number of hydrogen-bond acceptors (Lipinski definition) is 8. The molecule has 0 atom stereocenters. The predicted octanol–water partition coefficient (Wildman–Crippen LogP) is 4.58. The van der Waals surface area contributed by atoms with Gasteiger partial charge in [-0.2, -0.15) is 0 Å². The first-order valence-electron chi connectivity index (χ1n) is 10.2. The number of halogens is 1. The van der Waals surface area contributed by atoms with Crippen molar-refractivity contribution in [1.29, 1.82) is 0 Å². The number of hydrogen-bond donors (Lipinski definition) is 1. The zero-order valence-electron chi connectivity index (χ0n) is 18.0. The van der Waals surface area contributed by atoms with Crippen LogP contribution < -0.4 is 10.1 Å². The molecule has 0 bridgehead atoms. The number of thioether (sulfide) groups is 1. The number of ether oxygens (including phenoxy) is 1. The lowest BCUT2D eigenvalue weighted by Crippen LogP contribution is -2.14. The van der Waals surface area contributed by atoms with Crippen LogP contribution in [0.1, 0.15) is 29.7 Å². The summed E-state index contributed by atoms with van der Waals surface area (Å²) in [7, 11) is 0. The number of allylic oxidation sites excluding steroid dienone is 1. The van der Waals surface area contributed by atoms with Gasteiger partial charge in [0.15, 0.2) is 5.16 Å². The zero-order chi connectivity index (χ0) is 22.9. The Kier molecular flexibility index (Phi) is 9.07. The van der Waals surface area contributed by atoms with Crippen LogP contribution in [0.15, 0.2) is 36.0 Å². The third-order valence-electron chi connectivity index (χ3n) is 4.39. The molecule has 0 fully saturated rings. The van der Waals surface area contributed by atoms with E-state index in [1.807, 2.05) is 36.6 Å². The Balaban J connectivity index is 1.51. The SMILES string of the molecule is C=CCn1c(CCCOc2ccc(Cl)cc2C)nnc1SCC(=O)Nc1nnc(CC)s1. The first-order chi connectivity index (χ1) is 15.5. The first kappa shape index (κ1) is 24.2. The summed E-state index contributed by atoms with van der Waals surface area (Å²) >= 11 is 8.70. The maximum atomic E-state index is 12.3. The van der Waals surface area contributed by atoms with E-state index in [9.17, 15) is 4.79 Å². The standard InChI is InChI=1S/C21H25ClN6O2S2/c1-4-10-28-17(7-6-11-30-16-9-8-15(22)12-14(16)3)24-27-21(28)31-13-18(29)23-20-26-25-19(5-2)32-20/h4,8-9,12H,1,5-7,10-11,13H2,2-3H3,(H,23,26,29). The molecule has 0 aliphatic rings. The molecular formula is C21H25ClN6O2S2. The monoisotopic (exact) mass is 492 g/mol. The van der Waals surface area contributed by atoms with Gasteiger partial charge in [-0.15, -0.1) is 27.0 Å². The zero-order valence-corrected chi connectivity index (χ0v) is 20.4. The second-order valence-electron chi connectivity index (χ2n) is 6.85. The van der Waals surface area contributed by atoms with Crippen LogP contribution in [0.2, 0.25) is 5.02 Å². The van der Waals surface area contributed by atoms with E-state index < -0.39 is 0 Å². The van der Waals surface area contributed by atoms with Gasteiger partial charge in [-0.3, -0.25) is 10.1 Å². The van der Waals surface area contributed by atoms with Crippen molar-refractivity contribution in [3.05, 3.63) is 52.3 Å². The fraction of sp³-hybridized carbons (Fsp3) is 0.381. The number of rotatable bonds is 12. The summed E-state index contributed by atoms with van der Waals surface area (Å²) in [5.41, 5.74) is 1.00. The van der Waals surface area contributed by atoms with E-state index in [4.69, 9.17) is 16.3 Å². The minimum Gasteiger partial charge on any atom is -0.493 e. The van der Waals surface area contributed by atoms with Crippen molar-refractivity contribution in [2.75, 3.05) is 17.7 Å². The largest absolute Gasteiger partial charge is 0.493 e. The van der Waals surface area contributed by atoms with Gasteiger partial charge < -0.3 is 9.30 Å². The summed E-state index contributed by atoms with van der Waals surface area (Å²) in [6, 6.07) is 5.57. The molecule has 0 saturated carbocycles. The number of anilines is 1. The second-order valence-corrected chi connectivity index (χ2v) is 9.29. The summed E-state index contributed by atoms with van der Waals surface area (Å²) in [5, 5.41) is 22.1. The first-order valence-corrected chi connectivity index (χ1v) is 12.3. The van der Waals surface area contributed by atoms with Crippen LogP contribution in [0.4, 0.5) is 5.13 Å². The highest BCUT2D eigenvalue weighted by Gasteiger charge is 2.14. The maximum absolute atomic E-state index is 12.3. The highest BCUT2D eigenvalue weighted by molar-refractivity contribution is 7.99. The molecule has 3 aromatic rings. The number of nitrogens with one attached hydrogen (secondary N) is 1. The smallest absolute Gasteiger partial charge is 0.236 e. The molecule has 170 valence electrons. The summed E-state index contributed by atoms with van der Waals surface area (Å²) in [6.07, 6.45) is 4.06. The molecule has 1 N–H and O–H groups in total. The molecule has 0 radical (unpaired) electrons. The van der Waals surface area contributed by atoms with Crippen molar-refractivity contribution in [3.8, 4) is 5.75 Å². The van der Waals surface area contributed by atoms with Crippen molar-refractivity contribution in [2.45, 2.75) is 44.8 Å². The lowest BCUT2D eigenvalue weighted by atomic mass is 10.2. The summed E-state index contributed by atoms with van der Waals surface area (Å²) in [5.74, 6) is 1.71.